The number of carbonyl (C=O) groups is 3. The van der Waals surface area contributed by atoms with E-state index in [1.54, 1.807) is 0 Å². The number of para-hydroxylation sites is 1. The molecule has 0 saturated heterocycles. The number of aromatic nitrogens is 1. The summed E-state index contributed by atoms with van der Waals surface area (Å²) in [6.07, 6.45) is 1.73. The summed E-state index contributed by atoms with van der Waals surface area (Å²) in [7, 11) is 3.83. The highest BCUT2D eigenvalue weighted by Crippen LogP contribution is 2.36. The van der Waals surface area contributed by atoms with Gasteiger partial charge < -0.3 is 32.3 Å². The van der Waals surface area contributed by atoms with Gasteiger partial charge in [-0.1, -0.05) is 18.2 Å². The first-order chi connectivity index (χ1) is 14.8. The number of hydrogen-bond donors (Lipinski definition) is 5. The zero-order chi connectivity index (χ0) is 22.8. The summed E-state index contributed by atoms with van der Waals surface area (Å²) in [5.41, 5.74) is 13.7. The molecule has 3 amide bonds. The largest absolute Gasteiger partial charge is 0.383 e. The molecule has 0 unspecified atom stereocenters. The number of unbranched alkanes of at least 4 members (excludes halogenated alkanes) is 1. The quantitative estimate of drug-likeness (QED) is 0.309. The van der Waals surface area contributed by atoms with Crippen molar-refractivity contribution in [2.24, 2.45) is 5.73 Å². The fraction of sp³-hybridized carbons (Fsp3) is 0.429. The lowest BCUT2D eigenvalue weighted by Gasteiger charge is -2.25. The first-order valence-electron chi connectivity index (χ1n) is 10.2. The predicted molar refractivity (Wildman–Crippen MR) is 123 cm³/mol. The van der Waals surface area contributed by atoms with Gasteiger partial charge in [0.15, 0.2) is 0 Å². The van der Waals surface area contributed by atoms with E-state index < -0.39 is 5.91 Å². The van der Waals surface area contributed by atoms with Crippen molar-refractivity contribution in [2.75, 3.05) is 49.7 Å². The van der Waals surface area contributed by atoms with Crippen LogP contribution in [0.3, 0.4) is 0 Å². The van der Waals surface area contributed by atoms with Gasteiger partial charge >= 0.3 is 0 Å². The number of nitrogens with one attached hydrogen (secondary N) is 3. The van der Waals surface area contributed by atoms with Crippen molar-refractivity contribution in [2.45, 2.75) is 25.7 Å². The number of hydrogen-bond acceptors (Lipinski definition) is 7. The van der Waals surface area contributed by atoms with Gasteiger partial charge in [0.2, 0.25) is 17.7 Å². The zero-order valence-electron chi connectivity index (χ0n) is 18.0. The molecule has 1 aromatic heterocycles. The molecule has 31 heavy (non-hydrogen) atoms. The maximum Gasteiger partial charge on any atom is 0.236 e. The predicted octanol–water partition coefficient (Wildman–Crippen LogP) is 0.573. The maximum absolute atomic E-state index is 11.8. The third kappa shape index (κ3) is 7.02. The number of pyridine rings is 1. The third-order valence-electron chi connectivity index (χ3n) is 4.81. The number of amides is 3. The molecule has 1 aromatic carbocycles. The van der Waals surface area contributed by atoms with Crippen LogP contribution in [0.25, 0.3) is 10.9 Å². The van der Waals surface area contributed by atoms with Crippen molar-refractivity contribution in [3.63, 3.8) is 0 Å². The molecule has 10 nitrogen and oxygen atoms in total. The lowest BCUT2D eigenvalue weighted by molar-refractivity contribution is -0.127. The first-order valence-corrected chi connectivity index (χ1v) is 10.2. The fourth-order valence-electron chi connectivity index (χ4n) is 3.26. The summed E-state index contributed by atoms with van der Waals surface area (Å²) < 4.78 is 0. The summed E-state index contributed by atoms with van der Waals surface area (Å²) in [6.45, 7) is 1.07. The molecule has 0 aliphatic heterocycles. The Morgan fingerprint density at radius 2 is 1.74 bits per heavy atom. The zero-order valence-corrected chi connectivity index (χ0v) is 18.0. The summed E-state index contributed by atoms with van der Waals surface area (Å²) in [6, 6.07) is 7.86. The van der Waals surface area contributed by atoms with Crippen LogP contribution < -0.4 is 32.3 Å². The van der Waals surface area contributed by atoms with Crippen LogP contribution in [0, 0.1) is 0 Å². The maximum atomic E-state index is 11.8. The molecule has 168 valence electrons. The number of carbonyl (C=O) groups excluding carboxylic acids is 3. The lowest BCUT2D eigenvalue weighted by atomic mass is 10.1. The lowest BCUT2D eigenvalue weighted by Crippen LogP contribution is -2.34. The van der Waals surface area contributed by atoms with Crippen LogP contribution in [-0.4, -0.2) is 56.4 Å². The van der Waals surface area contributed by atoms with Gasteiger partial charge in [-0.25, -0.2) is 4.98 Å². The van der Waals surface area contributed by atoms with Gasteiger partial charge in [-0.2, -0.15) is 0 Å². The van der Waals surface area contributed by atoms with Crippen LogP contribution in [0.5, 0.6) is 0 Å². The van der Waals surface area contributed by atoms with Crippen molar-refractivity contribution in [1.29, 1.82) is 0 Å². The van der Waals surface area contributed by atoms with Crippen molar-refractivity contribution in [3.05, 3.63) is 24.3 Å². The summed E-state index contributed by atoms with van der Waals surface area (Å²) >= 11 is 0. The second-order valence-corrected chi connectivity index (χ2v) is 7.21. The Morgan fingerprint density at radius 1 is 1.06 bits per heavy atom. The van der Waals surface area contributed by atoms with Gasteiger partial charge in [0.1, 0.15) is 11.5 Å². The normalized spacial score (nSPS) is 10.5. The minimum absolute atomic E-state index is 0.0190. The van der Waals surface area contributed by atoms with Crippen molar-refractivity contribution >= 4 is 45.8 Å². The molecule has 0 spiro atoms. The average molecular weight is 430 g/mol. The van der Waals surface area contributed by atoms with E-state index in [2.05, 4.69) is 25.8 Å². The molecule has 1 heterocycles. The van der Waals surface area contributed by atoms with Crippen molar-refractivity contribution < 1.29 is 14.4 Å². The standard InChI is InChI=1S/C21H31N7O3/c1-24-19-20(14-7-3-4-8-15(14)27-21(19)23)28(2)12-6-5-11-25-17(30)9-10-18(31)26-13-16(22)29/h3-4,7-8,24H,5-6,9-13H2,1-2H3,(H2,22,29)(H2,23,27)(H,25,30)(H,26,31). The molecule has 0 atom stereocenters. The van der Waals surface area contributed by atoms with Gasteiger partial charge in [0.25, 0.3) is 0 Å². The number of fused-ring (bicyclic) bond motifs is 1. The fourth-order valence-corrected chi connectivity index (χ4v) is 3.26. The van der Waals surface area contributed by atoms with Gasteiger partial charge in [-0.15, -0.1) is 0 Å². The molecule has 0 radical (unpaired) electrons. The van der Waals surface area contributed by atoms with Gasteiger partial charge in [-0.05, 0) is 18.9 Å². The molecule has 0 fully saturated rings. The molecular formula is C21H31N7O3. The van der Waals surface area contributed by atoms with E-state index in [9.17, 15) is 14.4 Å². The van der Waals surface area contributed by atoms with E-state index in [0.29, 0.717) is 12.4 Å². The smallest absolute Gasteiger partial charge is 0.236 e. The van der Waals surface area contributed by atoms with Gasteiger partial charge in [0.05, 0.1) is 17.7 Å². The number of nitrogens with two attached hydrogens (primary N) is 2. The minimum Gasteiger partial charge on any atom is -0.383 e. The van der Waals surface area contributed by atoms with E-state index in [0.717, 1.165) is 41.7 Å². The van der Waals surface area contributed by atoms with Crippen LogP contribution >= 0.6 is 0 Å². The van der Waals surface area contributed by atoms with E-state index in [1.165, 1.54) is 0 Å². The molecule has 2 aromatic rings. The Morgan fingerprint density at radius 3 is 2.42 bits per heavy atom. The highest BCUT2D eigenvalue weighted by molar-refractivity contribution is 6.01. The van der Waals surface area contributed by atoms with E-state index in [4.69, 9.17) is 11.5 Å². The number of anilines is 3. The Labute approximate surface area is 181 Å². The second kappa shape index (κ2) is 11.6. The van der Waals surface area contributed by atoms with Crippen molar-refractivity contribution in [1.82, 2.24) is 15.6 Å². The van der Waals surface area contributed by atoms with Crippen LogP contribution in [-0.2, 0) is 14.4 Å². The summed E-state index contributed by atoms with van der Waals surface area (Å²) in [5, 5.41) is 9.32. The van der Waals surface area contributed by atoms with Gasteiger partial charge in [-0.3, -0.25) is 14.4 Å². The Kier molecular flexibility index (Phi) is 8.86. The Bertz CT molecular complexity index is 933. The molecule has 0 bridgehead atoms. The summed E-state index contributed by atoms with van der Waals surface area (Å²) in [5.74, 6) is -0.741. The number of primary amides is 1. The van der Waals surface area contributed by atoms with E-state index in [-0.39, 0.29) is 31.2 Å². The highest BCUT2D eigenvalue weighted by Gasteiger charge is 2.15. The number of benzene rings is 1. The highest BCUT2D eigenvalue weighted by atomic mass is 16.2. The molecule has 2 rings (SSSR count). The SMILES string of the molecule is CNc1c(N)nc2ccccc2c1N(C)CCCCNC(=O)CCC(=O)NCC(N)=O. The van der Waals surface area contributed by atoms with Crippen molar-refractivity contribution in [3.8, 4) is 0 Å². The molecule has 0 saturated carbocycles. The number of rotatable bonds is 12. The summed E-state index contributed by atoms with van der Waals surface area (Å²) in [4.78, 5) is 40.5. The number of nitrogens with zero attached hydrogens (tertiary/aromatic N) is 2. The molecule has 0 aliphatic rings. The van der Waals surface area contributed by atoms with Crippen LogP contribution in [0.4, 0.5) is 17.2 Å². The molecular weight excluding hydrogens is 398 g/mol. The third-order valence-corrected chi connectivity index (χ3v) is 4.81. The molecule has 7 N–H and O–H groups in total. The van der Waals surface area contributed by atoms with Crippen LogP contribution in [0.1, 0.15) is 25.7 Å². The molecule has 0 aliphatic carbocycles. The van der Waals surface area contributed by atoms with Crippen LogP contribution in [0.2, 0.25) is 0 Å². The van der Waals surface area contributed by atoms with E-state index >= 15 is 0 Å². The van der Waals surface area contributed by atoms with Crippen LogP contribution in [0.15, 0.2) is 24.3 Å². The topological polar surface area (TPSA) is 155 Å². The number of nitrogen functional groups attached to an aromatic ring is 1. The minimum atomic E-state index is -0.618. The monoisotopic (exact) mass is 429 g/mol. The van der Waals surface area contributed by atoms with E-state index in [1.807, 2.05) is 38.4 Å². The second-order valence-electron chi connectivity index (χ2n) is 7.21. The molecule has 10 heteroatoms. The average Bonchev–Trinajstić information content (AvgIpc) is 2.74. The Hall–Kier alpha value is -3.56. The van der Waals surface area contributed by atoms with Gasteiger partial charge in [0, 0.05) is 45.4 Å². The Balaban J connectivity index is 1.79. The first kappa shape index (κ1) is 23.7.